The Balaban J connectivity index is 1.33. The highest BCUT2D eigenvalue weighted by molar-refractivity contribution is 7.16. The van der Waals surface area contributed by atoms with Crippen LogP contribution in [0.25, 0.3) is 26.9 Å². The van der Waals surface area contributed by atoms with Gasteiger partial charge in [-0.1, -0.05) is 52.2 Å². The van der Waals surface area contributed by atoms with E-state index in [4.69, 9.17) is 34.8 Å². The van der Waals surface area contributed by atoms with Gasteiger partial charge in [-0.3, -0.25) is 9.36 Å². The molecule has 11 heteroatoms. The van der Waals surface area contributed by atoms with E-state index in [2.05, 4.69) is 20.4 Å². The molecule has 1 N–H and O–H groups in total. The Hall–Kier alpha value is -3.43. The molecule has 6 aromatic rings. The average molecular weight is 554 g/mol. The monoisotopic (exact) mass is 552 g/mol. The van der Waals surface area contributed by atoms with Crippen LogP contribution >= 0.6 is 46.1 Å². The van der Waals surface area contributed by atoms with Gasteiger partial charge < -0.3 is 5.32 Å². The second-order valence-corrected chi connectivity index (χ2v) is 10.3. The quantitative estimate of drug-likeness (QED) is 0.250. The van der Waals surface area contributed by atoms with Crippen molar-refractivity contribution in [3.05, 3.63) is 103 Å². The number of nitrogens with one attached hydrogen (secondary N) is 1. The summed E-state index contributed by atoms with van der Waals surface area (Å²) in [7, 11) is 0. The van der Waals surface area contributed by atoms with Crippen molar-refractivity contribution in [3.63, 3.8) is 0 Å². The zero-order valence-electron chi connectivity index (χ0n) is 18.3. The SMILES string of the molecule is O=c1sc2cc(Nc3ncnc4c3cnn4-c3ccc(Cl)cc3)ccc2n1Cc1ccc(Cl)cc1Cl. The first-order valence-corrected chi connectivity index (χ1v) is 12.7. The van der Waals surface area contributed by atoms with E-state index >= 15 is 0 Å². The van der Waals surface area contributed by atoms with Crippen molar-refractivity contribution >= 4 is 78.9 Å². The second kappa shape index (κ2) is 9.22. The minimum Gasteiger partial charge on any atom is -0.339 e. The summed E-state index contributed by atoms with van der Waals surface area (Å²) in [5.74, 6) is 0.610. The van der Waals surface area contributed by atoms with E-state index in [9.17, 15) is 4.79 Å². The highest BCUT2D eigenvalue weighted by Crippen LogP contribution is 2.29. The summed E-state index contributed by atoms with van der Waals surface area (Å²) in [5, 5.41) is 10.3. The number of hydrogen-bond acceptors (Lipinski definition) is 6. The van der Waals surface area contributed by atoms with E-state index in [1.807, 2.05) is 36.4 Å². The fourth-order valence-corrected chi connectivity index (χ4v) is 5.49. The van der Waals surface area contributed by atoms with Crippen LogP contribution in [0.5, 0.6) is 0 Å². The molecule has 0 aliphatic rings. The van der Waals surface area contributed by atoms with Crippen LogP contribution in [0.3, 0.4) is 0 Å². The van der Waals surface area contributed by atoms with E-state index in [0.29, 0.717) is 33.1 Å². The molecule has 0 spiro atoms. The second-order valence-electron chi connectivity index (χ2n) is 7.99. The molecule has 0 unspecified atom stereocenters. The molecule has 3 heterocycles. The molecule has 0 atom stereocenters. The molecule has 7 nitrogen and oxygen atoms in total. The molecule has 0 saturated carbocycles. The fraction of sp³-hybridized carbons (Fsp3) is 0.0400. The standard InChI is InChI=1S/C25H15Cl3N6OS/c26-15-3-6-18(7-4-15)34-24-19(11-31-34)23(29-13-30-24)32-17-5-8-21-22(10-17)36-25(35)33(21)12-14-1-2-16(27)9-20(14)28/h1-11,13H,12H2,(H,29,30,32). The zero-order valence-corrected chi connectivity index (χ0v) is 21.4. The van der Waals surface area contributed by atoms with Crippen LogP contribution in [0.1, 0.15) is 5.56 Å². The van der Waals surface area contributed by atoms with Crippen LogP contribution in [0, 0.1) is 0 Å². The number of benzene rings is 3. The summed E-state index contributed by atoms with van der Waals surface area (Å²) in [6, 6.07) is 18.4. The molecule has 0 fully saturated rings. The van der Waals surface area contributed by atoms with Gasteiger partial charge in [-0.05, 0) is 60.2 Å². The Morgan fingerprint density at radius 2 is 1.72 bits per heavy atom. The molecular formula is C25H15Cl3N6OS. The summed E-state index contributed by atoms with van der Waals surface area (Å²) in [5.41, 5.74) is 3.94. The lowest BCUT2D eigenvalue weighted by Gasteiger charge is -2.09. The Labute approximate surface area is 223 Å². The largest absolute Gasteiger partial charge is 0.339 e. The molecular weight excluding hydrogens is 539 g/mol. The van der Waals surface area contributed by atoms with E-state index in [-0.39, 0.29) is 4.87 Å². The molecule has 0 aliphatic heterocycles. The van der Waals surface area contributed by atoms with Gasteiger partial charge in [0, 0.05) is 20.8 Å². The van der Waals surface area contributed by atoms with Gasteiger partial charge in [-0.25, -0.2) is 14.6 Å². The van der Waals surface area contributed by atoms with E-state index < -0.39 is 0 Å². The maximum absolute atomic E-state index is 12.8. The summed E-state index contributed by atoms with van der Waals surface area (Å²) in [4.78, 5) is 21.5. The Morgan fingerprint density at radius 3 is 2.53 bits per heavy atom. The third kappa shape index (κ3) is 4.22. The van der Waals surface area contributed by atoms with Crippen molar-refractivity contribution in [2.24, 2.45) is 0 Å². The lowest BCUT2D eigenvalue weighted by atomic mass is 10.2. The molecule has 0 saturated heterocycles. The number of hydrogen-bond donors (Lipinski definition) is 1. The van der Waals surface area contributed by atoms with Gasteiger partial charge in [0.15, 0.2) is 5.65 Å². The topological polar surface area (TPSA) is 77.6 Å². The predicted molar refractivity (Wildman–Crippen MR) is 147 cm³/mol. The minimum absolute atomic E-state index is 0.0677. The van der Waals surface area contributed by atoms with Gasteiger partial charge in [0.2, 0.25) is 0 Å². The van der Waals surface area contributed by atoms with Gasteiger partial charge >= 0.3 is 4.87 Å². The number of thiazole rings is 1. The summed E-state index contributed by atoms with van der Waals surface area (Å²) in [6.45, 7) is 0.359. The summed E-state index contributed by atoms with van der Waals surface area (Å²) < 4.78 is 4.28. The first kappa shape index (κ1) is 23.0. The van der Waals surface area contributed by atoms with Crippen LogP contribution in [0.4, 0.5) is 11.5 Å². The van der Waals surface area contributed by atoms with Crippen molar-refractivity contribution in [3.8, 4) is 5.69 Å². The van der Waals surface area contributed by atoms with Crippen molar-refractivity contribution in [1.29, 1.82) is 0 Å². The Kier molecular flexibility index (Phi) is 5.89. The lowest BCUT2D eigenvalue weighted by Crippen LogP contribution is -2.13. The van der Waals surface area contributed by atoms with Gasteiger partial charge in [0.05, 0.1) is 34.0 Å². The Morgan fingerprint density at radius 1 is 0.917 bits per heavy atom. The summed E-state index contributed by atoms with van der Waals surface area (Å²) >= 11 is 19.5. The van der Waals surface area contributed by atoms with Crippen molar-refractivity contribution < 1.29 is 0 Å². The van der Waals surface area contributed by atoms with Crippen LogP contribution in [0.15, 0.2) is 78.0 Å². The number of aromatic nitrogens is 5. The van der Waals surface area contributed by atoms with E-state index in [1.165, 1.54) is 17.7 Å². The molecule has 178 valence electrons. The van der Waals surface area contributed by atoms with Gasteiger partial charge in [0.25, 0.3) is 0 Å². The highest BCUT2D eigenvalue weighted by atomic mass is 35.5. The third-order valence-corrected chi connectivity index (χ3v) is 7.49. The average Bonchev–Trinajstić information content (AvgIpc) is 3.42. The van der Waals surface area contributed by atoms with Crippen LogP contribution in [-0.4, -0.2) is 24.3 Å². The van der Waals surface area contributed by atoms with E-state index in [0.717, 1.165) is 32.5 Å². The molecule has 0 amide bonds. The van der Waals surface area contributed by atoms with Gasteiger partial charge in [-0.2, -0.15) is 5.10 Å². The van der Waals surface area contributed by atoms with Gasteiger partial charge in [0.1, 0.15) is 12.1 Å². The molecule has 3 aromatic carbocycles. The predicted octanol–water partition coefficient (Wildman–Crippen LogP) is 6.94. The number of rotatable bonds is 5. The highest BCUT2D eigenvalue weighted by Gasteiger charge is 2.14. The van der Waals surface area contributed by atoms with Gasteiger partial charge in [-0.15, -0.1) is 0 Å². The third-order valence-electron chi connectivity index (χ3n) is 5.71. The van der Waals surface area contributed by atoms with Crippen molar-refractivity contribution in [1.82, 2.24) is 24.3 Å². The first-order chi connectivity index (χ1) is 17.5. The lowest BCUT2D eigenvalue weighted by molar-refractivity contribution is 0.816. The minimum atomic E-state index is -0.0677. The van der Waals surface area contributed by atoms with Crippen LogP contribution in [-0.2, 0) is 6.54 Å². The van der Waals surface area contributed by atoms with E-state index in [1.54, 1.807) is 39.7 Å². The first-order valence-electron chi connectivity index (χ1n) is 10.8. The van der Waals surface area contributed by atoms with Crippen molar-refractivity contribution in [2.45, 2.75) is 6.54 Å². The molecule has 3 aromatic heterocycles. The molecule has 0 radical (unpaired) electrons. The fourth-order valence-electron chi connectivity index (χ4n) is 3.97. The molecule has 36 heavy (non-hydrogen) atoms. The Bertz CT molecular complexity index is 1810. The molecule has 0 bridgehead atoms. The normalized spacial score (nSPS) is 11.4. The maximum Gasteiger partial charge on any atom is 0.308 e. The van der Waals surface area contributed by atoms with Crippen LogP contribution < -0.4 is 10.2 Å². The smallest absolute Gasteiger partial charge is 0.308 e. The number of halogens is 3. The van der Waals surface area contributed by atoms with Crippen LogP contribution in [0.2, 0.25) is 15.1 Å². The molecule has 6 rings (SSSR count). The van der Waals surface area contributed by atoms with Crippen molar-refractivity contribution in [2.75, 3.05) is 5.32 Å². The number of anilines is 2. The number of fused-ring (bicyclic) bond motifs is 2. The maximum atomic E-state index is 12.8. The number of nitrogens with zero attached hydrogens (tertiary/aromatic N) is 5. The molecule has 0 aliphatic carbocycles. The summed E-state index contributed by atoms with van der Waals surface area (Å²) in [6.07, 6.45) is 3.21. The zero-order chi connectivity index (χ0) is 24.8.